The van der Waals surface area contributed by atoms with Gasteiger partial charge in [0.05, 0.1) is 12.7 Å². The molecule has 1 amide bonds. The fourth-order valence-electron chi connectivity index (χ4n) is 3.28. The molecule has 0 saturated heterocycles. The van der Waals surface area contributed by atoms with Gasteiger partial charge in [0.1, 0.15) is 5.00 Å². The number of amides is 1. The van der Waals surface area contributed by atoms with Crippen molar-refractivity contribution >= 4 is 28.2 Å². The fourth-order valence-corrected chi connectivity index (χ4v) is 4.56. The van der Waals surface area contributed by atoms with Crippen LogP contribution in [0.5, 0.6) is 0 Å². The van der Waals surface area contributed by atoms with Gasteiger partial charge in [-0.3, -0.25) is 4.79 Å². The molecule has 2 atom stereocenters. The Kier molecular flexibility index (Phi) is 3.99. The van der Waals surface area contributed by atoms with Crippen LogP contribution >= 0.6 is 11.3 Å². The molecule has 1 aromatic rings. The van der Waals surface area contributed by atoms with Gasteiger partial charge in [-0.1, -0.05) is 0 Å². The van der Waals surface area contributed by atoms with Crippen LogP contribution in [0.4, 0.5) is 5.00 Å². The van der Waals surface area contributed by atoms with E-state index in [1.54, 1.807) is 0 Å². The Bertz CT molecular complexity index is 582. The number of ether oxygens (including phenoxy) is 1. The average molecular weight is 308 g/mol. The predicted octanol–water partition coefficient (Wildman–Crippen LogP) is 2.09. The largest absolute Gasteiger partial charge is 0.465 e. The summed E-state index contributed by atoms with van der Waals surface area (Å²) in [5, 5.41) is 3.59. The van der Waals surface area contributed by atoms with Gasteiger partial charge >= 0.3 is 5.97 Å². The summed E-state index contributed by atoms with van der Waals surface area (Å²) in [6.45, 7) is 0. The standard InChI is InChI=1S/C15H20N2O3S/c1-20-15(19)12-10-3-2-4-11(10)21-14(12)17-13(18)8-5-6-9(16)7-8/h8-9H,2-7,16H2,1H3,(H,17,18). The van der Waals surface area contributed by atoms with Crippen molar-refractivity contribution < 1.29 is 14.3 Å². The summed E-state index contributed by atoms with van der Waals surface area (Å²) in [4.78, 5) is 25.6. The number of fused-ring (bicyclic) bond motifs is 1. The van der Waals surface area contributed by atoms with E-state index in [9.17, 15) is 9.59 Å². The van der Waals surface area contributed by atoms with Gasteiger partial charge in [0.2, 0.25) is 5.91 Å². The molecule has 1 saturated carbocycles. The summed E-state index contributed by atoms with van der Waals surface area (Å²) >= 11 is 1.52. The first kappa shape index (κ1) is 14.5. The summed E-state index contributed by atoms with van der Waals surface area (Å²) in [5.41, 5.74) is 7.48. The molecule has 114 valence electrons. The quantitative estimate of drug-likeness (QED) is 0.838. The molecule has 1 fully saturated rings. The Balaban J connectivity index is 1.82. The number of nitrogens with two attached hydrogens (primary N) is 1. The van der Waals surface area contributed by atoms with Gasteiger partial charge in [0.15, 0.2) is 0 Å². The minimum absolute atomic E-state index is 0.0203. The van der Waals surface area contributed by atoms with Crippen molar-refractivity contribution in [2.45, 2.75) is 44.6 Å². The maximum atomic E-state index is 12.3. The second kappa shape index (κ2) is 5.77. The highest BCUT2D eigenvalue weighted by atomic mass is 32.1. The Morgan fingerprint density at radius 3 is 2.81 bits per heavy atom. The third kappa shape index (κ3) is 2.70. The van der Waals surface area contributed by atoms with Crippen LogP contribution in [0.1, 0.15) is 46.5 Å². The zero-order valence-electron chi connectivity index (χ0n) is 12.1. The molecule has 0 bridgehead atoms. The molecule has 2 unspecified atom stereocenters. The molecule has 3 rings (SSSR count). The number of hydrogen-bond donors (Lipinski definition) is 2. The van der Waals surface area contributed by atoms with Gasteiger partial charge < -0.3 is 15.8 Å². The predicted molar refractivity (Wildman–Crippen MR) is 81.6 cm³/mol. The van der Waals surface area contributed by atoms with Crippen molar-refractivity contribution in [1.82, 2.24) is 0 Å². The third-order valence-corrected chi connectivity index (χ3v) is 5.60. The molecule has 2 aliphatic rings. The highest BCUT2D eigenvalue weighted by Gasteiger charge is 2.31. The fraction of sp³-hybridized carbons (Fsp3) is 0.600. The van der Waals surface area contributed by atoms with E-state index in [0.717, 1.165) is 44.1 Å². The van der Waals surface area contributed by atoms with Gasteiger partial charge in [0, 0.05) is 16.8 Å². The van der Waals surface area contributed by atoms with Crippen LogP contribution in [0, 0.1) is 5.92 Å². The lowest BCUT2D eigenvalue weighted by atomic mass is 10.1. The second-order valence-electron chi connectivity index (χ2n) is 5.81. The summed E-state index contributed by atoms with van der Waals surface area (Å²) < 4.78 is 4.88. The number of aryl methyl sites for hydroxylation is 1. The second-order valence-corrected chi connectivity index (χ2v) is 6.92. The summed E-state index contributed by atoms with van der Waals surface area (Å²) in [6.07, 6.45) is 5.38. The molecule has 1 aromatic heterocycles. The number of carbonyl (C=O) groups is 2. The number of anilines is 1. The van der Waals surface area contributed by atoms with E-state index in [1.165, 1.54) is 23.3 Å². The zero-order chi connectivity index (χ0) is 15.0. The Hall–Kier alpha value is -1.40. The van der Waals surface area contributed by atoms with Crippen LogP contribution in [-0.4, -0.2) is 25.0 Å². The molecule has 0 spiro atoms. The van der Waals surface area contributed by atoms with Gasteiger partial charge in [0.25, 0.3) is 0 Å². The molecular formula is C15H20N2O3S. The number of thiophene rings is 1. The van der Waals surface area contributed by atoms with Gasteiger partial charge in [-0.15, -0.1) is 11.3 Å². The van der Waals surface area contributed by atoms with E-state index in [4.69, 9.17) is 10.5 Å². The minimum atomic E-state index is -0.354. The van der Waals surface area contributed by atoms with Gasteiger partial charge in [-0.25, -0.2) is 4.79 Å². The van der Waals surface area contributed by atoms with E-state index in [0.29, 0.717) is 10.6 Å². The number of carbonyl (C=O) groups excluding carboxylic acids is 2. The monoisotopic (exact) mass is 308 g/mol. The third-order valence-electron chi connectivity index (χ3n) is 4.39. The molecule has 2 aliphatic carbocycles. The van der Waals surface area contributed by atoms with E-state index in [1.807, 2.05) is 0 Å². The van der Waals surface area contributed by atoms with E-state index < -0.39 is 0 Å². The molecule has 5 nitrogen and oxygen atoms in total. The summed E-state index contributed by atoms with van der Waals surface area (Å²) in [6, 6.07) is 0.120. The van der Waals surface area contributed by atoms with Crippen molar-refractivity contribution in [3.05, 3.63) is 16.0 Å². The van der Waals surface area contributed by atoms with Crippen molar-refractivity contribution in [2.75, 3.05) is 12.4 Å². The summed E-state index contributed by atoms with van der Waals surface area (Å²) in [7, 11) is 1.38. The lowest BCUT2D eigenvalue weighted by molar-refractivity contribution is -0.119. The number of nitrogens with one attached hydrogen (secondary N) is 1. The maximum absolute atomic E-state index is 12.3. The number of esters is 1. The first-order valence-corrected chi connectivity index (χ1v) is 8.21. The normalized spacial score (nSPS) is 23.9. The lowest BCUT2D eigenvalue weighted by Crippen LogP contribution is -2.23. The molecule has 0 aliphatic heterocycles. The molecular weight excluding hydrogens is 288 g/mol. The van der Waals surface area contributed by atoms with Gasteiger partial charge in [-0.05, 0) is 44.1 Å². The minimum Gasteiger partial charge on any atom is -0.465 e. The van der Waals surface area contributed by atoms with Crippen molar-refractivity contribution in [2.24, 2.45) is 11.7 Å². The maximum Gasteiger partial charge on any atom is 0.341 e. The van der Waals surface area contributed by atoms with Crippen LogP contribution in [0.25, 0.3) is 0 Å². The first-order valence-electron chi connectivity index (χ1n) is 7.39. The van der Waals surface area contributed by atoms with Crippen LogP contribution in [-0.2, 0) is 22.4 Å². The number of methoxy groups -OCH3 is 1. The van der Waals surface area contributed by atoms with Crippen molar-refractivity contribution in [1.29, 1.82) is 0 Å². The SMILES string of the molecule is COC(=O)c1c(NC(=O)C2CCC(N)C2)sc2c1CCC2. The molecule has 6 heteroatoms. The topological polar surface area (TPSA) is 81.4 Å². The molecule has 0 radical (unpaired) electrons. The highest BCUT2D eigenvalue weighted by Crippen LogP contribution is 2.40. The zero-order valence-corrected chi connectivity index (χ0v) is 12.9. The average Bonchev–Trinajstić information content (AvgIpc) is 3.13. The Morgan fingerprint density at radius 2 is 2.14 bits per heavy atom. The lowest BCUT2D eigenvalue weighted by Gasteiger charge is -2.11. The van der Waals surface area contributed by atoms with Crippen molar-refractivity contribution in [3.8, 4) is 0 Å². The number of rotatable bonds is 3. The first-order chi connectivity index (χ1) is 10.1. The molecule has 0 aromatic carbocycles. The van der Waals surface area contributed by atoms with Gasteiger partial charge in [-0.2, -0.15) is 0 Å². The molecule has 21 heavy (non-hydrogen) atoms. The van der Waals surface area contributed by atoms with Crippen LogP contribution < -0.4 is 11.1 Å². The van der Waals surface area contributed by atoms with Crippen LogP contribution in [0.3, 0.4) is 0 Å². The van der Waals surface area contributed by atoms with Crippen LogP contribution in [0.2, 0.25) is 0 Å². The summed E-state index contributed by atoms with van der Waals surface area (Å²) in [5.74, 6) is -0.414. The van der Waals surface area contributed by atoms with Crippen molar-refractivity contribution in [3.63, 3.8) is 0 Å². The number of hydrogen-bond acceptors (Lipinski definition) is 5. The van der Waals surface area contributed by atoms with E-state index in [-0.39, 0.29) is 23.8 Å². The van der Waals surface area contributed by atoms with Crippen LogP contribution in [0.15, 0.2) is 0 Å². The van der Waals surface area contributed by atoms with E-state index in [2.05, 4.69) is 5.32 Å². The Labute approximate surface area is 127 Å². The molecule has 1 heterocycles. The molecule has 3 N–H and O–H groups in total. The highest BCUT2D eigenvalue weighted by molar-refractivity contribution is 7.17. The van der Waals surface area contributed by atoms with E-state index >= 15 is 0 Å². The smallest absolute Gasteiger partial charge is 0.341 e. The Morgan fingerprint density at radius 1 is 1.33 bits per heavy atom.